The first-order valence-electron chi connectivity index (χ1n) is 39.2. The third-order valence-corrected chi connectivity index (χ3v) is 25.0. The van der Waals surface area contributed by atoms with Crippen LogP contribution < -0.4 is 53.6 Å². The van der Waals surface area contributed by atoms with Gasteiger partial charge in [-0.05, 0) is 158 Å². The van der Waals surface area contributed by atoms with E-state index >= 15 is 0 Å². The molecule has 2 aromatic heterocycles. The van der Waals surface area contributed by atoms with Crippen LogP contribution in [0.5, 0.6) is 0 Å². The van der Waals surface area contributed by atoms with E-state index in [1.807, 2.05) is 57.2 Å². The molecule has 2 aliphatic heterocycles. The lowest BCUT2D eigenvalue weighted by molar-refractivity contribution is -0.154. The molecule has 4 aromatic carbocycles. The Kier molecular flexibility index (Phi) is 35.3. The summed E-state index contributed by atoms with van der Waals surface area (Å²) in [6, 6.07) is 25.9. The van der Waals surface area contributed by atoms with Crippen molar-refractivity contribution in [3.8, 4) is 0 Å². The minimum absolute atomic E-state index is 0.0483. The third kappa shape index (κ3) is 29.1. The van der Waals surface area contributed by atoms with Crippen molar-refractivity contribution in [3.05, 3.63) is 153 Å². The zero-order valence-corrected chi connectivity index (χ0v) is 76.1. The lowest BCUT2D eigenvalue weighted by Crippen LogP contribution is -2.66. The molecule has 35 heteroatoms. The number of carbonyl (C=O) groups is 9. The van der Waals surface area contributed by atoms with Gasteiger partial charge in [-0.3, -0.25) is 58.0 Å². The van der Waals surface area contributed by atoms with Gasteiger partial charge in [-0.2, -0.15) is 0 Å². The van der Waals surface area contributed by atoms with Crippen molar-refractivity contribution < 1.29 is 66.9 Å². The number of H-pyrrole nitrogens is 2. The largest absolute Gasteiger partial charge is 0.481 e. The molecule has 650 valence electrons. The molecule has 0 bridgehead atoms. The smallest absolute Gasteiger partial charge is 0.408 e. The zero-order valence-electron chi connectivity index (χ0n) is 70.6. The number of carboxylic acids is 1. The van der Waals surface area contributed by atoms with Gasteiger partial charge in [-0.25, -0.2) is 25.6 Å². The SMILES string of the molecule is CC(C)[C@H](NC(=O)OC(C)(C)C)C(=O)N[C@@H](C)C(=O)N1CCC[C@@H](C(=O)OCC(Cl)(Cl)Cl)N1.CC(C)c1nc2cc(/C=C/C(C)(C)C(=O)N[C@H](C(=O)N[C@@H](C)C(=O)N3CCC[C@@H](C(=O)OCC(Cl)(Cl)Cl)N3)C(C)C)ccc2c(=O)[nH]1.C[C@@H](O[Si](c1ccccc1)(c1ccccc1)C(C)(C)C)c1nc2cc(/C=C/C(C)(C)C(=O)O)ccc2c(=O)[nH]1. The minimum atomic E-state index is -2.86. The normalized spacial score (nSPS) is 16.5. The van der Waals surface area contributed by atoms with Crippen molar-refractivity contribution in [2.45, 2.75) is 224 Å². The molecule has 2 fully saturated rings. The number of aliphatic carboxylic acids is 1. The van der Waals surface area contributed by atoms with Crippen LogP contribution in [0.3, 0.4) is 0 Å². The number of hydrogen-bond acceptors (Lipinski definition) is 19. The van der Waals surface area contributed by atoms with E-state index in [9.17, 15) is 57.8 Å². The topological polar surface area (TPSA) is 381 Å². The van der Waals surface area contributed by atoms with Gasteiger partial charge in [0.15, 0.2) is 0 Å². The molecule has 0 aliphatic carbocycles. The van der Waals surface area contributed by atoms with Gasteiger partial charge >= 0.3 is 24.0 Å². The number of carboxylic acid groups (broad SMARTS) is 1. The maximum absolute atomic E-state index is 13.4. The Morgan fingerprint density at radius 1 is 0.546 bits per heavy atom. The number of ether oxygens (including phenoxy) is 3. The lowest BCUT2D eigenvalue weighted by atomic mass is 9.89. The fourth-order valence-electron chi connectivity index (χ4n) is 12.6. The number of hydrogen-bond donors (Lipinski definition) is 9. The number of rotatable bonds is 26. The van der Waals surface area contributed by atoms with E-state index in [0.29, 0.717) is 72.2 Å². The van der Waals surface area contributed by atoms with Gasteiger partial charge in [0.05, 0.1) is 32.6 Å². The molecular formula is C84H112Cl6N12O16Si. The highest BCUT2D eigenvalue weighted by Gasteiger charge is 2.52. The number of carbonyl (C=O) groups excluding carboxylic acids is 8. The van der Waals surface area contributed by atoms with Crippen molar-refractivity contribution in [3.63, 3.8) is 0 Å². The predicted octanol–water partition coefficient (Wildman–Crippen LogP) is 12.3. The molecule has 4 heterocycles. The fraction of sp³-hybridized carbons (Fsp3) is 0.512. The molecular weight excluding hydrogens is 1670 g/mol. The summed E-state index contributed by atoms with van der Waals surface area (Å²) >= 11 is 33.7. The standard InChI is InChI=1S/C32H43Cl3N6O6.C32H36N2O4Si.C20H33Cl3N4O6/c1-17(2)24(27(43)36-19(5)28(44)41-14-8-9-22(40-41)29(45)47-16-32(33,34)35)38-30(46)31(6,7)13-12-20-10-11-21-23(15-20)37-25(18(3)4)39-26(21)42;1-22(38-39(31(2,3)4,24-13-9-7-10-14-24)25-15-11-8-12-16-25)28-33-27-21-23(17-18-26(27)29(35)34-28)19-20-32(5,6)30(36)37;1-11(2)14(25-18(31)33-19(4,5)6)15(28)24-12(3)16(29)27-9-7-8-13(26-27)17(30)32-10-20(21,22)23/h10-13,15,17-19,22,24,40H,8-9,14,16H2,1-7H3,(H,36,43)(H,38,46)(H,37,39,42);7-22H,1-6H3,(H,36,37)(H,33,34,35);11-14,26H,7-10H2,1-6H3,(H,24,28)(H,25,31)/b13-12+;20-19+;/t19-,22-,24-;22-;12-,13-,14-/m010/s1. The first kappa shape index (κ1) is 99.3. The van der Waals surface area contributed by atoms with Crippen LogP contribution in [0.25, 0.3) is 34.0 Å². The zero-order chi connectivity index (χ0) is 89.3. The van der Waals surface area contributed by atoms with Crippen molar-refractivity contribution in [1.82, 2.24) is 62.1 Å². The average molecular weight is 1790 g/mol. The Bertz CT molecular complexity index is 4710. The number of benzene rings is 4. The quantitative estimate of drug-likeness (QED) is 0.0105. The average Bonchev–Trinajstić information content (AvgIpc) is 0.739. The summed E-state index contributed by atoms with van der Waals surface area (Å²) in [7, 11) is -2.86. The molecule has 0 unspecified atom stereocenters. The molecule has 8 rings (SSSR count). The highest BCUT2D eigenvalue weighted by molar-refractivity contribution is 6.99. The van der Waals surface area contributed by atoms with Crippen LogP contribution in [0.4, 0.5) is 4.79 Å². The van der Waals surface area contributed by atoms with Crippen molar-refractivity contribution in [1.29, 1.82) is 0 Å². The molecule has 6 amide bonds. The fourth-order valence-corrected chi connectivity index (χ4v) is 17.5. The Hall–Kier alpha value is -8.49. The van der Waals surface area contributed by atoms with Gasteiger partial charge in [0.25, 0.3) is 31.3 Å². The molecule has 2 aliphatic rings. The molecule has 7 atom stereocenters. The second kappa shape index (κ2) is 42.3. The summed E-state index contributed by atoms with van der Waals surface area (Å²) in [5.41, 5.74) is 5.01. The minimum Gasteiger partial charge on any atom is -0.481 e. The van der Waals surface area contributed by atoms with Gasteiger partial charge in [-0.1, -0.05) is 229 Å². The van der Waals surface area contributed by atoms with Crippen LogP contribution >= 0.6 is 69.6 Å². The van der Waals surface area contributed by atoms with Crippen LogP contribution in [0, 0.1) is 22.7 Å². The molecule has 6 aromatic rings. The van der Waals surface area contributed by atoms with Crippen LogP contribution in [0.1, 0.15) is 192 Å². The van der Waals surface area contributed by atoms with Crippen LogP contribution in [0.2, 0.25) is 5.04 Å². The molecule has 0 spiro atoms. The number of nitrogens with one attached hydrogen (secondary N) is 8. The van der Waals surface area contributed by atoms with Crippen molar-refractivity contribution in [2.24, 2.45) is 22.7 Å². The second-order valence-corrected chi connectivity index (χ2v) is 42.8. The summed E-state index contributed by atoms with van der Waals surface area (Å²) in [5, 5.41) is 25.6. The van der Waals surface area contributed by atoms with Crippen LogP contribution in [0.15, 0.2) is 119 Å². The van der Waals surface area contributed by atoms with Gasteiger partial charge in [-0.15, -0.1) is 0 Å². The summed E-state index contributed by atoms with van der Waals surface area (Å²) in [6.07, 6.45) is 7.52. The third-order valence-electron chi connectivity index (χ3n) is 19.3. The molecule has 2 saturated heterocycles. The summed E-state index contributed by atoms with van der Waals surface area (Å²) in [6.45, 7) is 34.2. The van der Waals surface area contributed by atoms with Crippen molar-refractivity contribution in [2.75, 3.05) is 26.3 Å². The van der Waals surface area contributed by atoms with E-state index < -0.39 is 141 Å². The van der Waals surface area contributed by atoms with Gasteiger partial charge in [0, 0.05) is 19.0 Å². The number of aromatic amines is 2. The maximum Gasteiger partial charge on any atom is 0.408 e. The summed E-state index contributed by atoms with van der Waals surface area (Å²) in [5.74, 6) is -4.09. The lowest BCUT2D eigenvalue weighted by Gasteiger charge is -2.44. The first-order valence-corrected chi connectivity index (χ1v) is 43.3. The van der Waals surface area contributed by atoms with Crippen LogP contribution in [-0.2, 0) is 57.0 Å². The van der Waals surface area contributed by atoms with E-state index in [2.05, 4.69) is 92.1 Å². The van der Waals surface area contributed by atoms with E-state index in [1.165, 1.54) is 23.9 Å². The second-order valence-electron chi connectivity index (χ2n) is 33.5. The number of alkyl halides is 6. The van der Waals surface area contributed by atoms with Gasteiger partial charge in [0.2, 0.25) is 25.3 Å². The molecule has 119 heavy (non-hydrogen) atoms. The van der Waals surface area contributed by atoms with Crippen LogP contribution in [-0.4, -0.2) is 173 Å². The number of esters is 2. The number of hydrazine groups is 2. The summed E-state index contributed by atoms with van der Waals surface area (Å²) in [4.78, 5) is 154. The van der Waals surface area contributed by atoms with E-state index in [0.717, 1.165) is 21.5 Å². The molecule has 28 nitrogen and oxygen atoms in total. The van der Waals surface area contributed by atoms with Gasteiger partial charge < -0.3 is 55.0 Å². The number of alkyl carbamates (subject to hydrolysis) is 1. The van der Waals surface area contributed by atoms with E-state index in [-0.39, 0.29) is 33.9 Å². The Balaban J connectivity index is 0.000000282. The Labute approximate surface area is 725 Å². The number of amides is 6. The van der Waals surface area contributed by atoms with E-state index in [1.54, 1.807) is 137 Å². The molecule has 9 N–H and O–H groups in total. The van der Waals surface area contributed by atoms with Crippen molar-refractivity contribution >= 4 is 176 Å². The Morgan fingerprint density at radius 2 is 0.941 bits per heavy atom. The molecule has 0 saturated carbocycles. The number of halogens is 6. The van der Waals surface area contributed by atoms with E-state index in [4.69, 9.17) is 93.2 Å². The maximum atomic E-state index is 13.4. The number of aromatic nitrogens is 4. The number of nitrogens with zero attached hydrogens (tertiary/aromatic N) is 4. The highest BCUT2D eigenvalue weighted by Crippen LogP contribution is 2.40. The van der Waals surface area contributed by atoms with Gasteiger partial charge in [0.1, 0.15) is 72.8 Å². The predicted molar refractivity (Wildman–Crippen MR) is 467 cm³/mol. The monoisotopic (exact) mass is 1780 g/mol. The molecule has 0 radical (unpaired) electrons. The highest BCUT2D eigenvalue weighted by atomic mass is 35.6. The number of fused-ring (bicyclic) bond motifs is 2. The first-order chi connectivity index (χ1) is 55.1. The Morgan fingerprint density at radius 3 is 1.32 bits per heavy atom. The summed E-state index contributed by atoms with van der Waals surface area (Å²) < 4.78 is 18.9.